The van der Waals surface area contributed by atoms with Crippen LogP contribution < -0.4 is 16.0 Å². The molecule has 1 saturated heterocycles. The van der Waals surface area contributed by atoms with Gasteiger partial charge in [-0.25, -0.2) is 14.8 Å². The number of aromatic nitrogens is 2. The first-order valence-corrected chi connectivity index (χ1v) is 9.85. The minimum atomic E-state index is -0.276. The van der Waals surface area contributed by atoms with Crippen molar-refractivity contribution in [3.05, 3.63) is 53.0 Å². The summed E-state index contributed by atoms with van der Waals surface area (Å²) in [6.45, 7) is 4.78. The molecule has 0 aromatic carbocycles. The van der Waals surface area contributed by atoms with Crippen molar-refractivity contribution in [3.63, 3.8) is 0 Å². The number of rotatable bonds is 5. The number of carbonyl (C=O) groups is 2. The van der Waals surface area contributed by atoms with Crippen molar-refractivity contribution in [1.82, 2.24) is 25.5 Å². The predicted molar refractivity (Wildman–Crippen MR) is 112 cm³/mol. The van der Waals surface area contributed by atoms with Crippen molar-refractivity contribution in [1.29, 1.82) is 0 Å². The van der Waals surface area contributed by atoms with Gasteiger partial charge in [0.05, 0.1) is 0 Å². The summed E-state index contributed by atoms with van der Waals surface area (Å²) in [4.78, 5) is 34.3. The molecular formula is C21H28N6O2. The molecule has 1 fully saturated rings. The molecular weight excluding hydrogens is 368 g/mol. The van der Waals surface area contributed by atoms with Gasteiger partial charge in [-0.2, -0.15) is 0 Å². The molecule has 154 valence electrons. The van der Waals surface area contributed by atoms with Gasteiger partial charge in [0.25, 0.3) is 5.91 Å². The lowest BCUT2D eigenvalue weighted by Gasteiger charge is -2.32. The van der Waals surface area contributed by atoms with Crippen LogP contribution in [0.1, 0.15) is 46.1 Å². The molecule has 0 bridgehead atoms. The number of urea groups is 1. The van der Waals surface area contributed by atoms with E-state index in [4.69, 9.17) is 0 Å². The number of nitrogens with zero attached hydrogens (tertiary/aromatic N) is 3. The van der Waals surface area contributed by atoms with Crippen molar-refractivity contribution >= 4 is 17.8 Å². The maximum Gasteiger partial charge on any atom is 0.320 e. The Morgan fingerprint density at radius 3 is 2.55 bits per heavy atom. The van der Waals surface area contributed by atoms with Gasteiger partial charge in [-0.05, 0) is 68.1 Å². The summed E-state index contributed by atoms with van der Waals surface area (Å²) < 4.78 is 0. The third-order valence-electron chi connectivity index (χ3n) is 5.31. The molecule has 0 aliphatic carbocycles. The molecule has 3 heterocycles. The second-order valence-corrected chi connectivity index (χ2v) is 7.25. The molecule has 8 heteroatoms. The molecule has 8 nitrogen and oxygen atoms in total. The average Bonchev–Trinajstić information content (AvgIpc) is 2.74. The Morgan fingerprint density at radius 1 is 1.14 bits per heavy atom. The van der Waals surface area contributed by atoms with Crippen LogP contribution in [-0.4, -0.2) is 54.0 Å². The van der Waals surface area contributed by atoms with Crippen LogP contribution in [0.25, 0.3) is 0 Å². The van der Waals surface area contributed by atoms with Crippen LogP contribution >= 0.6 is 0 Å². The maximum absolute atomic E-state index is 11.8. The van der Waals surface area contributed by atoms with Crippen molar-refractivity contribution in [2.75, 3.05) is 32.5 Å². The Labute approximate surface area is 171 Å². The highest BCUT2D eigenvalue weighted by atomic mass is 16.2. The number of anilines is 1. The molecule has 29 heavy (non-hydrogen) atoms. The van der Waals surface area contributed by atoms with Crippen LogP contribution in [0.5, 0.6) is 0 Å². The van der Waals surface area contributed by atoms with Crippen molar-refractivity contribution < 1.29 is 9.59 Å². The maximum atomic E-state index is 11.8. The summed E-state index contributed by atoms with van der Waals surface area (Å²) in [7, 11) is 3.19. The Balaban J connectivity index is 1.58. The zero-order chi connectivity index (χ0) is 20.8. The Bertz CT molecular complexity index is 877. The minimum absolute atomic E-state index is 0.155. The largest absolute Gasteiger partial charge is 0.354 e. The van der Waals surface area contributed by atoms with Crippen LogP contribution in [-0.2, 0) is 6.54 Å². The Kier molecular flexibility index (Phi) is 6.77. The van der Waals surface area contributed by atoms with Crippen LogP contribution in [0.15, 0.2) is 30.5 Å². The predicted octanol–water partition coefficient (Wildman–Crippen LogP) is 2.28. The summed E-state index contributed by atoms with van der Waals surface area (Å²) in [6, 6.07) is 7.47. The lowest BCUT2D eigenvalue weighted by Crippen LogP contribution is -2.33. The topological polar surface area (TPSA) is 99.2 Å². The third-order valence-corrected chi connectivity index (χ3v) is 5.31. The number of nitrogens with one attached hydrogen (secondary N) is 3. The van der Waals surface area contributed by atoms with E-state index in [9.17, 15) is 9.59 Å². The Morgan fingerprint density at radius 2 is 1.90 bits per heavy atom. The van der Waals surface area contributed by atoms with Crippen LogP contribution in [0.3, 0.4) is 0 Å². The summed E-state index contributed by atoms with van der Waals surface area (Å²) in [5.41, 5.74) is 3.75. The summed E-state index contributed by atoms with van der Waals surface area (Å²) in [5.74, 6) is 0.854. The lowest BCUT2D eigenvalue weighted by atomic mass is 9.88. The molecule has 0 radical (unpaired) electrons. The minimum Gasteiger partial charge on any atom is -0.354 e. The number of carbonyl (C=O) groups excluding carboxylic acids is 2. The molecule has 1 aliphatic rings. The van der Waals surface area contributed by atoms with Crippen molar-refractivity contribution in [2.24, 2.45) is 0 Å². The van der Waals surface area contributed by atoms with E-state index in [2.05, 4.69) is 30.8 Å². The summed E-state index contributed by atoms with van der Waals surface area (Å²) in [6.07, 6.45) is 3.82. The van der Waals surface area contributed by atoms with Gasteiger partial charge in [0.2, 0.25) is 0 Å². The molecule has 3 rings (SSSR count). The fourth-order valence-corrected chi connectivity index (χ4v) is 3.74. The molecule has 0 saturated carbocycles. The second-order valence-electron chi connectivity index (χ2n) is 7.25. The molecule has 1 aliphatic heterocycles. The molecule has 3 N–H and O–H groups in total. The standard InChI is InChI=1S/C21H28N6O2/c1-14-17(4-5-18(25-14)20(28)22-2)16-7-10-27(11-8-16)13-15-6-9-24-19(12-15)26-21(29)23-3/h4-6,9,12,16H,7-8,10-11,13H2,1-3H3,(H,22,28)(H2,23,24,26,29). The van der Waals surface area contributed by atoms with Gasteiger partial charge in [-0.15, -0.1) is 0 Å². The first kappa shape index (κ1) is 20.7. The average molecular weight is 396 g/mol. The van der Waals surface area contributed by atoms with E-state index in [-0.39, 0.29) is 11.9 Å². The number of likely N-dealkylation sites (tertiary alicyclic amines) is 1. The van der Waals surface area contributed by atoms with Crippen LogP contribution in [0, 0.1) is 6.92 Å². The highest BCUT2D eigenvalue weighted by molar-refractivity contribution is 5.92. The molecule has 0 spiro atoms. The SMILES string of the molecule is CNC(=O)Nc1cc(CN2CCC(c3ccc(C(=O)NC)nc3C)CC2)ccn1. The van der Waals surface area contributed by atoms with Gasteiger partial charge in [0.1, 0.15) is 11.5 Å². The fourth-order valence-electron chi connectivity index (χ4n) is 3.74. The second kappa shape index (κ2) is 9.47. The smallest absolute Gasteiger partial charge is 0.320 e. The highest BCUT2D eigenvalue weighted by Gasteiger charge is 2.23. The van der Waals surface area contributed by atoms with E-state index >= 15 is 0 Å². The third kappa shape index (κ3) is 5.29. The number of amides is 3. The number of pyridine rings is 2. The van der Waals surface area contributed by atoms with Crippen molar-refractivity contribution in [2.45, 2.75) is 32.2 Å². The lowest BCUT2D eigenvalue weighted by molar-refractivity contribution is 0.0958. The fraction of sp³-hybridized carbons (Fsp3) is 0.429. The number of piperidine rings is 1. The molecule has 2 aromatic rings. The van der Waals surface area contributed by atoms with Crippen LogP contribution in [0.4, 0.5) is 10.6 Å². The molecule has 0 unspecified atom stereocenters. The van der Waals surface area contributed by atoms with Gasteiger partial charge < -0.3 is 10.6 Å². The highest BCUT2D eigenvalue weighted by Crippen LogP contribution is 2.30. The van der Waals surface area contributed by atoms with Gasteiger partial charge in [0.15, 0.2) is 0 Å². The van der Waals surface area contributed by atoms with Crippen molar-refractivity contribution in [3.8, 4) is 0 Å². The van der Waals surface area contributed by atoms with Crippen LogP contribution in [0.2, 0.25) is 0 Å². The summed E-state index contributed by atoms with van der Waals surface area (Å²) >= 11 is 0. The number of aryl methyl sites for hydroxylation is 1. The van der Waals surface area contributed by atoms with E-state index in [1.54, 1.807) is 20.3 Å². The van der Waals surface area contributed by atoms with E-state index in [0.717, 1.165) is 43.7 Å². The molecule has 2 aromatic heterocycles. The molecule has 0 atom stereocenters. The van der Waals surface area contributed by atoms with E-state index < -0.39 is 0 Å². The monoisotopic (exact) mass is 396 g/mol. The van der Waals surface area contributed by atoms with Gasteiger partial charge in [0, 0.05) is 32.5 Å². The first-order valence-electron chi connectivity index (χ1n) is 9.85. The zero-order valence-electron chi connectivity index (χ0n) is 17.2. The zero-order valence-corrected chi connectivity index (χ0v) is 17.2. The van der Waals surface area contributed by atoms with E-state index in [1.807, 2.05) is 31.2 Å². The first-order chi connectivity index (χ1) is 14.0. The van der Waals surface area contributed by atoms with Gasteiger partial charge in [-0.3, -0.25) is 15.0 Å². The number of hydrogen-bond acceptors (Lipinski definition) is 5. The van der Waals surface area contributed by atoms with E-state index in [1.165, 1.54) is 5.56 Å². The van der Waals surface area contributed by atoms with E-state index in [0.29, 0.717) is 17.4 Å². The quantitative estimate of drug-likeness (QED) is 0.720. The van der Waals surface area contributed by atoms with Gasteiger partial charge >= 0.3 is 6.03 Å². The number of hydrogen-bond donors (Lipinski definition) is 3. The van der Waals surface area contributed by atoms with Gasteiger partial charge in [-0.1, -0.05) is 6.07 Å². The molecule has 3 amide bonds. The Hall–Kier alpha value is -3.00. The summed E-state index contributed by atoms with van der Waals surface area (Å²) in [5, 5.41) is 7.84. The normalized spacial score (nSPS) is 15.0.